The second-order valence-electron chi connectivity index (χ2n) is 6.37. The molecule has 146 valence electrons. The molecular weight excluding hydrogens is 379 g/mol. The number of nitrogens with zero attached hydrogens (tertiary/aromatic N) is 3. The van der Waals surface area contributed by atoms with Gasteiger partial charge < -0.3 is 0 Å². The fraction of sp³-hybridized carbons (Fsp3) is 0.222. The molecule has 0 fully saturated rings. The molecule has 3 rings (SSSR count). The van der Waals surface area contributed by atoms with E-state index in [4.69, 9.17) is 0 Å². The van der Waals surface area contributed by atoms with Crippen LogP contribution in [0.1, 0.15) is 21.5 Å². The molecular formula is C18H14F3N3O4. The van der Waals surface area contributed by atoms with E-state index in [0.29, 0.717) is 5.56 Å². The van der Waals surface area contributed by atoms with E-state index in [1.807, 2.05) is 0 Å². The van der Waals surface area contributed by atoms with E-state index in [1.165, 1.54) is 29.2 Å². The molecule has 0 aromatic heterocycles. The third-order valence-electron chi connectivity index (χ3n) is 4.28. The summed E-state index contributed by atoms with van der Waals surface area (Å²) in [5, 5.41) is 10.9. The molecule has 0 spiro atoms. The number of hydrogen-bond acceptors (Lipinski definition) is 5. The first-order valence-electron chi connectivity index (χ1n) is 8.07. The topological polar surface area (TPSA) is 83.8 Å². The molecule has 1 heterocycles. The summed E-state index contributed by atoms with van der Waals surface area (Å²) in [6.07, 6.45) is -4.42. The smallest absolute Gasteiger partial charge is 0.291 e. The number of hydrogen-bond donors (Lipinski definition) is 0. The lowest BCUT2D eigenvalue weighted by Gasteiger charge is -2.24. The Morgan fingerprint density at radius 1 is 1.11 bits per heavy atom. The van der Waals surface area contributed by atoms with Crippen LogP contribution >= 0.6 is 0 Å². The van der Waals surface area contributed by atoms with E-state index >= 15 is 0 Å². The predicted molar refractivity (Wildman–Crippen MR) is 92.7 cm³/mol. The van der Waals surface area contributed by atoms with E-state index in [2.05, 4.69) is 0 Å². The summed E-state index contributed by atoms with van der Waals surface area (Å²) in [5.41, 5.74) is -0.228. The number of ketones is 1. The first kappa shape index (κ1) is 19.5. The van der Waals surface area contributed by atoms with Crippen LogP contribution in [0.5, 0.6) is 0 Å². The molecule has 28 heavy (non-hydrogen) atoms. The highest BCUT2D eigenvalue weighted by atomic mass is 19.4. The second kappa shape index (κ2) is 7.04. The minimum Gasteiger partial charge on any atom is -0.291 e. The first-order valence-corrected chi connectivity index (χ1v) is 8.07. The number of non-ortho nitro benzene ring substituents is 1. The molecule has 0 aliphatic carbocycles. The van der Waals surface area contributed by atoms with E-state index in [9.17, 15) is 32.9 Å². The van der Waals surface area contributed by atoms with Crippen molar-refractivity contribution in [2.24, 2.45) is 0 Å². The maximum Gasteiger partial charge on any atom is 0.416 e. The van der Waals surface area contributed by atoms with E-state index in [1.54, 1.807) is 11.9 Å². The highest BCUT2D eigenvalue weighted by Gasteiger charge is 2.37. The van der Waals surface area contributed by atoms with Gasteiger partial charge in [0.25, 0.3) is 11.5 Å². The van der Waals surface area contributed by atoms with Crippen LogP contribution in [0.4, 0.5) is 24.5 Å². The Morgan fingerprint density at radius 3 is 2.32 bits per heavy atom. The van der Waals surface area contributed by atoms with E-state index in [0.717, 1.165) is 18.2 Å². The van der Waals surface area contributed by atoms with Crippen molar-refractivity contribution in [1.29, 1.82) is 0 Å². The third-order valence-corrected chi connectivity index (χ3v) is 4.28. The Hall–Kier alpha value is -3.27. The zero-order valence-electron chi connectivity index (χ0n) is 14.6. The lowest BCUT2D eigenvalue weighted by molar-refractivity contribution is -0.384. The number of nitro groups is 1. The average Bonchev–Trinajstić information content (AvgIpc) is 2.86. The van der Waals surface area contributed by atoms with Crippen molar-refractivity contribution < 1.29 is 27.7 Å². The Bertz CT molecular complexity index is 958. The van der Waals surface area contributed by atoms with E-state index < -0.39 is 28.4 Å². The fourth-order valence-corrected chi connectivity index (χ4v) is 2.94. The number of Topliss-reactive ketones (excluding diaryl/α,β-unsaturated/α-hetero) is 1. The lowest BCUT2D eigenvalue weighted by atomic mass is 10.1. The summed E-state index contributed by atoms with van der Waals surface area (Å²) >= 11 is 0. The SMILES string of the molecule is CN(Cc1ccc(C(F)(F)F)cc1)CN1C(=O)C(=O)c2cc([N+](=O)[O-])ccc21. The van der Waals surface area contributed by atoms with Gasteiger partial charge in [-0.1, -0.05) is 12.1 Å². The normalized spacial score (nSPS) is 14.0. The Kier molecular flexibility index (Phi) is 4.90. The van der Waals surface area contributed by atoms with Crippen LogP contribution in [0.25, 0.3) is 0 Å². The minimum atomic E-state index is -4.42. The quantitative estimate of drug-likeness (QED) is 0.442. The van der Waals surface area contributed by atoms with Gasteiger partial charge in [0.15, 0.2) is 0 Å². The van der Waals surface area contributed by atoms with Gasteiger partial charge in [-0.15, -0.1) is 0 Å². The highest BCUT2D eigenvalue weighted by molar-refractivity contribution is 6.52. The van der Waals surface area contributed by atoms with Crippen molar-refractivity contribution in [3.63, 3.8) is 0 Å². The molecule has 10 heteroatoms. The van der Waals surface area contributed by atoms with Crippen molar-refractivity contribution in [3.8, 4) is 0 Å². The van der Waals surface area contributed by atoms with Gasteiger partial charge in [-0.2, -0.15) is 13.2 Å². The molecule has 0 saturated heterocycles. The Labute approximate surface area is 157 Å². The predicted octanol–water partition coefficient (Wildman–Crippen LogP) is 3.23. The third kappa shape index (κ3) is 3.72. The van der Waals surface area contributed by atoms with Crippen molar-refractivity contribution in [1.82, 2.24) is 4.90 Å². The van der Waals surface area contributed by atoms with Crippen LogP contribution in [0, 0.1) is 10.1 Å². The standard InChI is InChI=1S/C18H14F3N3O4/c1-22(9-11-2-4-12(5-3-11)18(19,20)21)10-23-15-7-6-13(24(27)28)8-14(15)16(25)17(23)26/h2-8H,9-10H2,1H3. The van der Waals surface area contributed by atoms with Crippen LogP contribution in [0.3, 0.4) is 0 Å². The summed E-state index contributed by atoms with van der Waals surface area (Å²) < 4.78 is 37.9. The van der Waals surface area contributed by atoms with Crippen LogP contribution in [-0.4, -0.2) is 35.2 Å². The van der Waals surface area contributed by atoms with Gasteiger partial charge in [-0.25, -0.2) is 0 Å². The molecule has 1 amide bonds. The molecule has 2 aromatic rings. The summed E-state index contributed by atoms with van der Waals surface area (Å²) in [5.74, 6) is -1.64. The van der Waals surface area contributed by atoms with Crippen LogP contribution < -0.4 is 4.90 Å². The lowest BCUT2D eigenvalue weighted by Crippen LogP contribution is -2.38. The monoisotopic (exact) mass is 393 g/mol. The summed E-state index contributed by atoms with van der Waals surface area (Å²) in [6, 6.07) is 8.23. The molecule has 0 N–H and O–H groups in total. The number of rotatable bonds is 5. The van der Waals surface area contributed by atoms with Gasteiger partial charge in [-0.3, -0.25) is 29.5 Å². The van der Waals surface area contributed by atoms with Crippen molar-refractivity contribution in [3.05, 3.63) is 69.3 Å². The maximum absolute atomic E-state index is 12.6. The van der Waals surface area contributed by atoms with Gasteiger partial charge in [0.1, 0.15) is 0 Å². The minimum absolute atomic E-state index is 0.00356. The molecule has 1 aliphatic heterocycles. The number of benzene rings is 2. The summed E-state index contributed by atoms with van der Waals surface area (Å²) in [4.78, 5) is 37.4. The van der Waals surface area contributed by atoms with E-state index in [-0.39, 0.29) is 30.2 Å². The van der Waals surface area contributed by atoms with Gasteiger partial charge >= 0.3 is 12.1 Å². The molecule has 2 aromatic carbocycles. The zero-order chi connectivity index (χ0) is 20.6. The van der Waals surface area contributed by atoms with Gasteiger partial charge in [-0.05, 0) is 30.8 Å². The molecule has 0 radical (unpaired) electrons. The van der Waals surface area contributed by atoms with Crippen molar-refractivity contribution in [2.75, 3.05) is 18.6 Å². The number of amides is 1. The number of halogens is 3. The fourth-order valence-electron chi connectivity index (χ4n) is 2.94. The Morgan fingerprint density at radius 2 is 1.75 bits per heavy atom. The first-order chi connectivity index (χ1) is 13.1. The largest absolute Gasteiger partial charge is 0.416 e. The molecule has 0 bridgehead atoms. The summed E-state index contributed by atoms with van der Waals surface area (Å²) in [7, 11) is 1.64. The van der Waals surface area contributed by atoms with Crippen LogP contribution in [0.2, 0.25) is 0 Å². The molecule has 0 unspecified atom stereocenters. The van der Waals surface area contributed by atoms with Crippen molar-refractivity contribution >= 4 is 23.1 Å². The number of fused-ring (bicyclic) bond motifs is 1. The molecule has 7 nitrogen and oxygen atoms in total. The number of carbonyl (C=O) groups excluding carboxylic acids is 2. The highest BCUT2D eigenvalue weighted by Crippen LogP contribution is 2.32. The summed E-state index contributed by atoms with van der Waals surface area (Å²) in [6.45, 7) is 0.231. The number of carbonyl (C=O) groups is 2. The van der Waals surface area contributed by atoms with Gasteiger partial charge in [0.2, 0.25) is 0 Å². The second-order valence-corrected chi connectivity index (χ2v) is 6.37. The van der Waals surface area contributed by atoms with Crippen LogP contribution in [0.15, 0.2) is 42.5 Å². The van der Waals surface area contributed by atoms with Gasteiger partial charge in [0, 0.05) is 18.7 Å². The van der Waals surface area contributed by atoms with Crippen LogP contribution in [-0.2, 0) is 17.5 Å². The molecule has 0 saturated carbocycles. The molecule has 1 aliphatic rings. The zero-order valence-corrected chi connectivity index (χ0v) is 14.6. The number of alkyl halides is 3. The average molecular weight is 393 g/mol. The number of nitro benzene ring substituents is 1. The number of anilines is 1. The maximum atomic E-state index is 12.6. The van der Waals surface area contributed by atoms with Crippen molar-refractivity contribution in [2.45, 2.75) is 12.7 Å². The Balaban J connectivity index is 1.74. The molecule has 0 atom stereocenters. The van der Waals surface area contributed by atoms with Gasteiger partial charge in [0.05, 0.1) is 28.4 Å².